The molecule has 3 rings (SSSR count). The van der Waals surface area contributed by atoms with E-state index in [1.54, 1.807) is 11.3 Å². The first-order valence-electron chi connectivity index (χ1n) is 7.40. The highest BCUT2D eigenvalue weighted by molar-refractivity contribution is 7.80. The predicted molar refractivity (Wildman–Crippen MR) is 94.4 cm³/mol. The van der Waals surface area contributed by atoms with Crippen molar-refractivity contribution >= 4 is 39.5 Å². The number of aromatic nitrogens is 1. The monoisotopic (exact) mass is 317 g/mol. The highest BCUT2D eigenvalue weighted by Crippen LogP contribution is 2.29. The van der Waals surface area contributed by atoms with Crippen LogP contribution >= 0.6 is 23.6 Å². The van der Waals surface area contributed by atoms with Crippen molar-refractivity contribution in [1.82, 2.24) is 4.98 Å². The maximum Gasteiger partial charge on any atom is 0.189 e. The summed E-state index contributed by atoms with van der Waals surface area (Å²) >= 11 is 7.15. The fourth-order valence-electron chi connectivity index (χ4n) is 2.61. The fraction of sp³-hybridized carbons (Fsp3) is 0.375. The van der Waals surface area contributed by atoms with Crippen molar-refractivity contribution in [3.05, 3.63) is 40.4 Å². The van der Waals surface area contributed by atoms with Gasteiger partial charge in [0.25, 0.3) is 0 Å². The first-order chi connectivity index (χ1) is 10.3. The Morgan fingerprint density at radius 3 is 2.86 bits per heavy atom. The van der Waals surface area contributed by atoms with Gasteiger partial charge in [-0.3, -0.25) is 0 Å². The molecule has 0 saturated heterocycles. The lowest BCUT2D eigenvalue weighted by Crippen LogP contribution is -2.19. The van der Waals surface area contributed by atoms with Gasteiger partial charge in [-0.05, 0) is 56.0 Å². The van der Waals surface area contributed by atoms with Crippen LogP contribution in [0.1, 0.15) is 35.9 Å². The van der Waals surface area contributed by atoms with Crippen LogP contribution in [0.4, 0.5) is 10.8 Å². The highest BCUT2D eigenvalue weighted by atomic mass is 32.1. The largest absolute Gasteiger partial charge is 0.332 e. The summed E-state index contributed by atoms with van der Waals surface area (Å²) in [6.07, 6.45) is 5.78. The quantitative estimate of drug-likeness (QED) is 0.823. The standard InChI is InChI=1S/C16H19N3S2/c1-2-11-7-3-4-8-12(11)17-15(20)19-16-18-13-9-5-6-10-14(13)21-16/h3-4,7-8H,2,5-6,9-10H2,1H3,(H2,17,18,19,20). The Kier molecular flexibility index (Phi) is 4.51. The molecule has 1 aromatic heterocycles. The molecular weight excluding hydrogens is 298 g/mol. The molecule has 21 heavy (non-hydrogen) atoms. The van der Waals surface area contributed by atoms with Gasteiger partial charge in [0.2, 0.25) is 0 Å². The van der Waals surface area contributed by atoms with Gasteiger partial charge in [-0.25, -0.2) is 4.98 Å². The molecule has 0 amide bonds. The van der Waals surface area contributed by atoms with Gasteiger partial charge in [0, 0.05) is 10.6 Å². The summed E-state index contributed by atoms with van der Waals surface area (Å²) in [7, 11) is 0. The third-order valence-corrected chi connectivity index (χ3v) is 4.99. The molecule has 110 valence electrons. The van der Waals surface area contributed by atoms with Gasteiger partial charge in [0.1, 0.15) is 0 Å². The molecule has 3 nitrogen and oxygen atoms in total. The zero-order valence-electron chi connectivity index (χ0n) is 12.1. The van der Waals surface area contributed by atoms with Gasteiger partial charge >= 0.3 is 0 Å². The van der Waals surface area contributed by atoms with Gasteiger partial charge in [-0.1, -0.05) is 25.1 Å². The zero-order chi connectivity index (χ0) is 14.7. The molecule has 0 saturated carbocycles. The van der Waals surface area contributed by atoms with Crippen molar-refractivity contribution in [3.8, 4) is 0 Å². The minimum absolute atomic E-state index is 0.613. The summed E-state index contributed by atoms with van der Waals surface area (Å²) in [6.45, 7) is 2.14. The molecule has 1 aromatic carbocycles. The molecule has 0 bridgehead atoms. The number of para-hydroxylation sites is 1. The Bertz CT molecular complexity index is 625. The van der Waals surface area contributed by atoms with E-state index in [0.717, 1.165) is 30.1 Å². The molecule has 0 aliphatic heterocycles. The van der Waals surface area contributed by atoms with E-state index in [4.69, 9.17) is 12.2 Å². The summed E-state index contributed by atoms with van der Waals surface area (Å²) < 4.78 is 0. The lowest BCUT2D eigenvalue weighted by molar-refractivity contribution is 0.683. The Labute approximate surface area is 134 Å². The first kappa shape index (κ1) is 14.5. The molecule has 0 fully saturated rings. The minimum Gasteiger partial charge on any atom is -0.332 e. The smallest absolute Gasteiger partial charge is 0.189 e. The number of nitrogens with one attached hydrogen (secondary N) is 2. The van der Waals surface area contributed by atoms with Crippen LogP contribution in [0.5, 0.6) is 0 Å². The second-order valence-corrected chi connectivity index (χ2v) is 6.68. The van der Waals surface area contributed by atoms with Gasteiger partial charge in [-0.15, -0.1) is 11.3 Å². The summed E-state index contributed by atoms with van der Waals surface area (Å²) in [5.74, 6) is 0. The number of thiazole rings is 1. The fourth-order valence-corrected chi connectivity index (χ4v) is 3.93. The van der Waals surface area contributed by atoms with Crippen molar-refractivity contribution in [2.24, 2.45) is 0 Å². The number of anilines is 2. The molecule has 2 aromatic rings. The Hall–Kier alpha value is -1.46. The molecule has 0 unspecified atom stereocenters. The van der Waals surface area contributed by atoms with Crippen LogP contribution in [-0.2, 0) is 19.3 Å². The summed E-state index contributed by atoms with van der Waals surface area (Å²) in [5.41, 5.74) is 3.59. The van der Waals surface area contributed by atoms with E-state index in [1.165, 1.54) is 29.0 Å². The Morgan fingerprint density at radius 1 is 1.24 bits per heavy atom. The summed E-state index contributed by atoms with van der Waals surface area (Å²) in [6, 6.07) is 8.24. The van der Waals surface area contributed by atoms with E-state index in [1.807, 2.05) is 6.07 Å². The molecule has 2 N–H and O–H groups in total. The molecule has 1 aliphatic carbocycles. The number of nitrogens with zero attached hydrogens (tertiary/aromatic N) is 1. The van der Waals surface area contributed by atoms with E-state index in [9.17, 15) is 0 Å². The lowest BCUT2D eigenvalue weighted by atomic mass is 10.0. The Balaban J connectivity index is 1.67. The van der Waals surface area contributed by atoms with Gasteiger partial charge in [0.15, 0.2) is 10.2 Å². The maximum atomic E-state index is 5.41. The molecule has 0 spiro atoms. The number of benzene rings is 1. The molecule has 0 radical (unpaired) electrons. The second-order valence-electron chi connectivity index (χ2n) is 5.19. The number of hydrogen-bond donors (Lipinski definition) is 2. The van der Waals surface area contributed by atoms with Crippen molar-refractivity contribution in [2.75, 3.05) is 10.6 Å². The van der Waals surface area contributed by atoms with Crippen LogP contribution in [0, 0.1) is 0 Å². The topological polar surface area (TPSA) is 37.0 Å². The number of rotatable bonds is 3. The average Bonchev–Trinajstić information content (AvgIpc) is 2.89. The van der Waals surface area contributed by atoms with Crippen LogP contribution in [0.3, 0.4) is 0 Å². The van der Waals surface area contributed by atoms with E-state index in [0.29, 0.717) is 5.11 Å². The SMILES string of the molecule is CCc1ccccc1NC(=S)Nc1nc2c(s1)CCCC2. The number of thiocarbonyl (C=S) groups is 1. The van der Waals surface area contributed by atoms with E-state index >= 15 is 0 Å². The van der Waals surface area contributed by atoms with Crippen molar-refractivity contribution in [1.29, 1.82) is 0 Å². The second kappa shape index (κ2) is 6.54. The minimum atomic E-state index is 0.613. The highest BCUT2D eigenvalue weighted by Gasteiger charge is 2.15. The summed E-state index contributed by atoms with van der Waals surface area (Å²) in [4.78, 5) is 6.07. The van der Waals surface area contributed by atoms with Crippen LogP contribution in [0.2, 0.25) is 0 Å². The van der Waals surface area contributed by atoms with E-state index < -0.39 is 0 Å². The number of fused-ring (bicyclic) bond motifs is 1. The third-order valence-electron chi connectivity index (χ3n) is 3.71. The van der Waals surface area contributed by atoms with Crippen molar-refractivity contribution in [3.63, 3.8) is 0 Å². The molecule has 1 heterocycles. The first-order valence-corrected chi connectivity index (χ1v) is 8.63. The van der Waals surface area contributed by atoms with Crippen LogP contribution in [0.15, 0.2) is 24.3 Å². The van der Waals surface area contributed by atoms with E-state index in [-0.39, 0.29) is 0 Å². The lowest BCUT2D eigenvalue weighted by Gasteiger charge is -2.11. The average molecular weight is 317 g/mol. The van der Waals surface area contributed by atoms with Gasteiger partial charge in [0.05, 0.1) is 5.69 Å². The molecule has 5 heteroatoms. The predicted octanol–water partition coefficient (Wildman–Crippen LogP) is 4.39. The number of aryl methyl sites for hydroxylation is 3. The maximum absolute atomic E-state index is 5.41. The summed E-state index contributed by atoms with van der Waals surface area (Å²) in [5, 5.41) is 8.03. The Morgan fingerprint density at radius 2 is 2.05 bits per heavy atom. The molecular formula is C16H19N3S2. The normalized spacial score (nSPS) is 13.6. The number of hydrogen-bond acceptors (Lipinski definition) is 3. The van der Waals surface area contributed by atoms with Gasteiger partial charge in [-0.2, -0.15) is 0 Å². The molecule has 1 aliphatic rings. The van der Waals surface area contributed by atoms with E-state index in [2.05, 4.69) is 40.7 Å². The zero-order valence-corrected chi connectivity index (χ0v) is 13.7. The van der Waals surface area contributed by atoms with Crippen molar-refractivity contribution in [2.45, 2.75) is 39.0 Å². The van der Waals surface area contributed by atoms with Crippen LogP contribution in [0.25, 0.3) is 0 Å². The van der Waals surface area contributed by atoms with Crippen LogP contribution in [-0.4, -0.2) is 10.1 Å². The van der Waals surface area contributed by atoms with Crippen molar-refractivity contribution < 1.29 is 0 Å². The molecule has 0 atom stereocenters. The van der Waals surface area contributed by atoms with Gasteiger partial charge < -0.3 is 10.6 Å². The van der Waals surface area contributed by atoms with Crippen LogP contribution < -0.4 is 10.6 Å². The third kappa shape index (κ3) is 3.41.